The van der Waals surface area contributed by atoms with Gasteiger partial charge in [0.1, 0.15) is 11.3 Å². The minimum Gasteiger partial charge on any atom is -0.365 e. The second-order valence-electron chi connectivity index (χ2n) is 6.52. The predicted molar refractivity (Wildman–Crippen MR) is 102 cm³/mol. The van der Waals surface area contributed by atoms with Gasteiger partial charge in [-0.25, -0.2) is 9.97 Å². The number of piperazine rings is 1. The van der Waals surface area contributed by atoms with E-state index in [4.69, 9.17) is 5.73 Å². The lowest BCUT2D eigenvalue weighted by atomic mass is 10.1. The molecule has 0 aliphatic carbocycles. The van der Waals surface area contributed by atoms with Gasteiger partial charge in [-0.05, 0) is 31.5 Å². The number of amides is 1. The second-order valence-corrected chi connectivity index (χ2v) is 6.52. The normalized spacial score (nSPS) is 14.6. The van der Waals surface area contributed by atoms with Crippen molar-refractivity contribution in [3.05, 3.63) is 41.3 Å². The molecule has 0 bridgehead atoms. The molecule has 9 nitrogen and oxygen atoms in total. The third-order valence-electron chi connectivity index (χ3n) is 4.90. The van der Waals surface area contributed by atoms with Gasteiger partial charge in [-0.2, -0.15) is 5.10 Å². The molecular weight excluding hydrogens is 344 g/mol. The van der Waals surface area contributed by atoms with Crippen LogP contribution in [0.3, 0.4) is 0 Å². The zero-order valence-corrected chi connectivity index (χ0v) is 15.3. The number of anilines is 2. The number of nitrogens with zero attached hydrogens (tertiary/aromatic N) is 7. The summed E-state index contributed by atoms with van der Waals surface area (Å²) in [6.07, 6.45) is 3.30. The number of rotatable bonds is 3. The highest BCUT2D eigenvalue weighted by Crippen LogP contribution is 2.24. The molecule has 0 aromatic carbocycles. The van der Waals surface area contributed by atoms with Crippen LogP contribution in [0.15, 0.2) is 24.5 Å². The van der Waals surface area contributed by atoms with Crippen molar-refractivity contribution in [3.63, 3.8) is 0 Å². The third kappa shape index (κ3) is 3.12. The minimum absolute atomic E-state index is 0.454. The molecule has 1 fully saturated rings. The fraction of sp³-hybridized carbons (Fsp3) is 0.333. The highest BCUT2D eigenvalue weighted by atomic mass is 16.1. The predicted octanol–water partition coefficient (Wildman–Crippen LogP) is 0.857. The van der Waals surface area contributed by atoms with E-state index in [1.807, 2.05) is 26.0 Å². The summed E-state index contributed by atoms with van der Waals surface area (Å²) in [7, 11) is 0. The first-order valence-corrected chi connectivity index (χ1v) is 8.76. The maximum atomic E-state index is 11.9. The molecule has 1 amide bonds. The molecule has 1 saturated heterocycles. The zero-order valence-electron chi connectivity index (χ0n) is 15.3. The number of aryl methyl sites for hydroxylation is 1. The van der Waals surface area contributed by atoms with E-state index in [0.29, 0.717) is 35.8 Å². The van der Waals surface area contributed by atoms with Crippen molar-refractivity contribution in [2.45, 2.75) is 13.8 Å². The maximum absolute atomic E-state index is 11.9. The molecule has 0 saturated carbocycles. The first kappa shape index (κ1) is 17.1. The summed E-state index contributed by atoms with van der Waals surface area (Å²) in [5, 5.41) is 8.41. The van der Waals surface area contributed by atoms with E-state index in [-0.39, 0.29) is 0 Å². The van der Waals surface area contributed by atoms with E-state index in [1.165, 1.54) is 0 Å². The van der Waals surface area contributed by atoms with Gasteiger partial charge in [0.05, 0.1) is 11.3 Å². The van der Waals surface area contributed by atoms with E-state index in [9.17, 15) is 4.79 Å². The van der Waals surface area contributed by atoms with E-state index in [0.717, 1.165) is 30.0 Å². The van der Waals surface area contributed by atoms with Gasteiger partial charge in [0, 0.05) is 38.6 Å². The van der Waals surface area contributed by atoms with Crippen molar-refractivity contribution in [3.8, 4) is 0 Å². The number of pyridine rings is 1. The first-order chi connectivity index (χ1) is 13.0. The highest BCUT2D eigenvalue weighted by Gasteiger charge is 2.25. The summed E-state index contributed by atoms with van der Waals surface area (Å²) in [5.41, 5.74) is 8.95. The summed E-state index contributed by atoms with van der Waals surface area (Å²) < 4.78 is 0. The Morgan fingerprint density at radius 1 is 1.00 bits per heavy atom. The van der Waals surface area contributed by atoms with Gasteiger partial charge in [-0.3, -0.25) is 9.78 Å². The summed E-state index contributed by atoms with van der Waals surface area (Å²) >= 11 is 0. The molecule has 3 aromatic heterocycles. The fourth-order valence-corrected chi connectivity index (χ4v) is 3.28. The highest BCUT2D eigenvalue weighted by molar-refractivity contribution is 5.99. The number of carbonyl (C=O) groups is 1. The lowest BCUT2D eigenvalue weighted by Crippen LogP contribution is -2.48. The monoisotopic (exact) mass is 364 g/mol. The topological polar surface area (TPSA) is 114 Å². The maximum Gasteiger partial charge on any atom is 0.252 e. The van der Waals surface area contributed by atoms with E-state index >= 15 is 0 Å². The summed E-state index contributed by atoms with van der Waals surface area (Å²) in [5.74, 6) is 0.948. The SMILES string of the molecule is Cc1nnc(N2CCN(c3ccc4nccnc4n3)CC2)c(C(N)=O)c1C. The molecule has 4 heterocycles. The van der Waals surface area contributed by atoms with Gasteiger partial charge in [-0.1, -0.05) is 0 Å². The van der Waals surface area contributed by atoms with Crippen molar-refractivity contribution in [2.24, 2.45) is 5.73 Å². The Balaban J connectivity index is 1.55. The van der Waals surface area contributed by atoms with Crippen molar-refractivity contribution in [1.29, 1.82) is 0 Å². The molecule has 4 rings (SSSR count). The average Bonchev–Trinajstić information content (AvgIpc) is 2.69. The lowest BCUT2D eigenvalue weighted by Gasteiger charge is -2.36. The Labute approximate surface area is 156 Å². The number of hydrogen-bond acceptors (Lipinski definition) is 8. The number of primary amides is 1. The molecule has 138 valence electrons. The van der Waals surface area contributed by atoms with Gasteiger partial charge in [0.25, 0.3) is 5.91 Å². The Kier molecular flexibility index (Phi) is 4.27. The summed E-state index contributed by atoms with van der Waals surface area (Å²) in [6, 6.07) is 3.88. The second kappa shape index (κ2) is 6.75. The van der Waals surface area contributed by atoms with Crippen LogP contribution in [-0.4, -0.2) is 57.2 Å². The van der Waals surface area contributed by atoms with E-state index < -0.39 is 5.91 Å². The molecule has 0 spiro atoms. The van der Waals surface area contributed by atoms with Crippen molar-refractivity contribution in [1.82, 2.24) is 25.1 Å². The van der Waals surface area contributed by atoms with Crippen molar-refractivity contribution < 1.29 is 4.79 Å². The number of hydrogen-bond donors (Lipinski definition) is 1. The lowest BCUT2D eigenvalue weighted by molar-refractivity contribution is 0.0999. The van der Waals surface area contributed by atoms with Crippen LogP contribution in [0.5, 0.6) is 0 Å². The summed E-state index contributed by atoms with van der Waals surface area (Å²) in [6.45, 7) is 6.54. The van der Waals surface area contributed by atoms with Crippen LogP contribution in [0.25, 0.3) is 11.2 Å². The molecule has 9 heteroatoms. The van der Waals surface area contributed by atoms with Crippen LogP contribution in [-0.2, 0) is 0 Å². The molecule has 2 N–H and O–H groups in total. The Morgan fingerprint density at radius 2 is 1.70 bits per heavy atom. The van der Waals surface area contributed by atoms with Crippen molar-refractivity contribution in [2.75, 3.05) is 36.0 Å². The number of carbonyl (C=O) groups excluding carboxylic acids is 1. The third-order valence-corrected chi connectivity index (χ3v) is 4.90. The van der Waals surface area contributed by atoms with E-state index in [1.54, 1.807) is 12.4 Å². The minimum atomic E-state index is -0.474. The van der Waals surface area contributed by atoms with Gasteiger partial charge in [-0.15, -0.1) is 5.10 Å². The van der Waals surface area contributed by atoms with Gasteiger partial charge in [0.15, 0.2) is 11.5 Å². The van der Waals surface area contributed by atoms with Crippen LogP contribution >= 0.6 is 0 Å². The van der Waals surface area contributed by atoms with Crippen LogP contribution in [0.2, 0.25) is 0 Å². The average molecular weight is 364 g/mol. The van der Waals surface area contributed by atoms with Crippen molar-refractivity contribution >= 4 is 28.7 Å². The molecule has 27 heavy (non-hydrogen) atoms. The molecule has 3 aromatic rings. The molecule has 1 aliphatic rings. The number of fused-ring (bicyclic) bond motifs is 1. The van der Waals surface area contributed by atoms with Gasteiger partial charge in [0.2, 0.25) is 0 Å². The molecule has 0 atom stereocenters. The summed E-state index contributed by atoms with van der Waals surface area (Å²) in [4.78, 5) is 29.3. The van der Waals surface area contributed by atoms with E-state index in [2.05, 4.69) is 34.9 Å². The molecule has 1 aliphatic heterocycles. The molecule has 0 unspecified atom stereocenters. The Morgan fingerprint density at radius 3 is 2.44 bits per heavy atom. The number of nitrogens with two attached hydrogens (primary N) is 1. The zero-order chi connectivity index (χ0) is 19.0. The standard InChI is InChI=1S/C18H20N8O/c1-11-12(2)23-24-18(15(11)16(19)27)26-9-7-25(8-10-26)14-4-3-13-17(22-14)21-6-5-20-13/h3-6H,7-10H2,1-2H3,(H2,19,27). The quantitative estimate of drug-likeness (QED) is 0.728. The molecular formula is C18H20N8O. The smallest absolute Gasteiger partial charge is 0.252 e. The Hall–Kier alpha value is -3.36. The Bertz CT molecular complexity index is 1010. The van der Waals surface area contributed by atoms with Crippen LogP contribution in [0, 0.1) is 13.8 Å². The number of aromatic nitrogens is 5. The fourth-order valence-electron chi connectivity index (χ4n) is 3.28. The van der Waals surface area contributed by atoms with Gasteiger partial charge < -0.3 is 15.5 Å². The van der Waals surface area contributed by atoms with Crippen LogP contribution in [0.1, 0.15) is 21.6 Å². The van der Waals surface area contributed by atoms with Crippen LogP contribution < -0.4 is 15.5 Å². The van der Waals surface area contributed by atoms with Crippen LogP contribution in [0.4, 0.5) is 11.6 Å². The largest absolute Gasteiger partial charge is 0.365 e. The molecule has 0 radical (unpaired) electrons. The van der Waals surface area contributed by atoms with Gasteiger partial charge >= 0.3 is 0 Å². The first-order valence-electron chi connectivity index (χ1n) is 8.76.